The molecule has 0 aliphatic heterocycles. The van der Waals surface area contributed by atoms with Crippen molar-refractivity contribution < 1.29 is 166 Å². The third kappa shape index (κ3) is 13.8. The maximum Gasteiger partial charge on any atom is 1.00 e. The normalized spacial score (nSPS) is 15.5. The Kier molecular flexibility index (Phi) is 16.7. The van der Waals surface area contributed by atoms with Crippen LogP contribution in [0.25, 0.3) is 0 Å². The fourth-order valence-electron chi connectivity index (χ4n) is 3.06. The summed E-state index contributed by atoms with van der Waals surface area (Å²) in [7, 11) is -52.5. The predicted octanol–water partition coefficient (Wildman–Crippen LogP) is -6.69. The third-order valence-corrected chi connectivity index (χ3v) is 18.3. The molecule has 0 bridgehead atoms. The zero-order valence-corrected chi connectivity index (χ0v) is 29.8. The minimum atomic E-state index is -6.57. The molecule has 35 heteroatoms. The van der Waals surface area contributed by atoms with Crippen molar-refractivity contribution in [1.29, 1.82) is 0 Å². The van der Waals surface area contributed by atoms with E-state index in [0.29, 0.717) is 0 Å². The SMILES string of the molecule is O=P(O)(O)C(N([CH-]CN(C(P(=O)(O)O)P(=O)(O)O)C(P(=O)(O)O)P(=O)(O)O)C(P(=O)(O)O)P(=O)(O)O)P(=O)(O)O.[K+]. The summed E-state index contributed by atoms with van der Waals surface area (Å²) in [6.45, 7) is -3.07. The van der Waals surface area contributed by atoms with Crippen molar-refractivity contribution in [1.82, 2.24) is 9.80 Å². The summed E-state index contributed by atoms with van der Waals surface area (Å²) >= 11 is 0. The van der Waals surface area contributed by atoms with Gasteiger partial charge >= 0.3 is 112 Å². The summed E-state index contributed by atoms with van der Waals surface area (Å²) < 4.78 is 94.8. The molecule has 0 aromatic carbocycles. The summed E-state index contributed by atoms with van der Waals surface area (Å²) in [6, 6.07) is 0. The molecule has 0 saturated carbocycles. The molecule has 0 heterocycles. The van der Waals surface area contributed by atoms with Crippen LogP contribution in [-0.2, 0) is 36.5 Å². The van der Waals surface area contributed by atoms with Gasteiger partial charge in [-0.15, -0.1) is 6.54 Å². The van der Waals surface area contributed by atoms with Crippen LogP contribution in [0.5, 0.6) is 0 Å². The van der Waals surface area contributed by atoms with E-state index in [2.05, 4.69) is 0 Å². The molecule has 0 unspecified atom stereocenters. The van der Waals surface area contributed by atoms with Crippen molar-refractivity contribution in [2.45, 2.75) is 22.1 Å². The molecule has 0 radical (unpaired) electrons. The van der Waals surface area contributed by atoms with E-state index in [4.69, 9.17) is 0 Å². The Hall–Kier alpha value is 2.76. The first kappa shape index (κ1) is 45.9. The fraction of sp³-hybridized carbons (Fsp3) is 0.833. The number of hydrogen-bond donors (Lipinski definition) is 16. The van der Waals surface area contributed by atoms with Crippen molar-refractivity contribution in [2.24, 2.45) is 0 Å². The average Bonchev–Trinajstić information content (AvgIpc) is 2.48. The number of rotatable bonds is 15. The molecule has 0 aliphatic carbocycles. The van der Waals surface area contributed by atoms with E-state index in [1.165, 1.54) is 0 Å². The molecule has 0 aliphatic rings. The van der Waals surface area contributed by atoms with E-state index in [-0.39, 0.29) is 51.4 Å². The maximum absolute atomic E-state index is 11.9. The molecule has 26 nitrogen and oxygen atoms in total. The minimum absolute atomic E-state index is 0. The largest absolute Gasteiger partial charge is 1.00 e. The second kappa shape index (κ2) is 14.9. The van der Waals surface area contributed by atoms with Gasteiger partial charge in [0.25, 0.3) is 0 Å². The van der Waals surface area contributed by atoms with Crippen LogP contribution >= 0.6 is 60.8 Å². The Labute approximate surface area is 269 Å². The molecule has 0 aromatic heterocycles. The summed E-state index contributed by atoms with van der Waals surface area (Å²) in [6.07, 6.45) is 0. The Bertz CT molecular complexity index is 1020. The second-order valence-electron chi connectivity index (χ2n) is 7.42. The predicted molar refractivity (Wildman–Crippen MR) is 124 cm³/mol. The van der Waals surface area contributed by atoms with Gasteiger partial charge in [-0.25, -0.2) is 6.54 Å². The number of nitrogens with zero attached hydrogens (tertiary/aromatic N) is 2. The van der Waals surface area contributed by atoms with Crippen molar-refractivity contribution in [3.8, 4) is 0 Å². The van der Waals surface area contributed by atoms with Crippen molar-refractivity contribution in [3.63, 3.8) is 0 Å². The third-order valence-electron chi connectivity index (χ3n) is 4.04. The van der Waals surface area contributed by atoms with Crippen LogP contribution in [-0.4, -0.2) is 117 Å². The Morgan fingerprint density at radius 1 is 0.390 bits per heavy atom. The van der Waals surface area contributed by atoms with E-state index in [1.54, 1.807) is 0 Å². The molecule has 16 N–H and O–H groups in total. The summed E-state index contributed by atoms with van der Waals surface area (Å²) in [5.41, 5.74) is -16.1. The van der Waals surface area contributed by atoms with E-state index in [9.17, 15) is 115 Å². The van der Waals surface area contributed by atoms with Crippen LogP contribution in [0.15, 0.2) is 0 Å². The standard InChI is InChI=1S/C6H23N2O24P8.K/c9-33(10,11)3(34(12,13)14)7(4(35(15,16)17)36(18,19)20)1-2-8(5(37(21,22)23)38(24,25)26)6(39(27,28)29)40(30,31)32;/h1,3-6H,2H2,(H2,9,10,11)(H2,12,13,14)(H2,15,16,17)(H2,18,19,20)(H2,21,22,23)(H2,24,25,26)(H2,27,28,29)(H2,30,31,32);/q-1;+1. The monoisotopic (exact) mass is 794 g/mol. The second-order valence-corrected chi connectivity index (χ2v) is 22.4. The van der Waals surface area contributed by atoms with Crippen molar-refractivity contribution in [2.75, 3.05) is 6.54 Å². The van der Waals surface area contributed by atoms with Crippen LogP contribution in [0.4, 0.5) is 0 Å². The summed E-state index contributed by atoms with van der Waals surface area (Å²) in [5, 5.41) is 0. The zero-order chi connectivity index (χ0) is 32.9. The van der Waals surface area contributed by atoms with Crippen LogP contribution < -0.4 is 51.4 Å². The van der Waals surface area contributed by atoms with Crippen LogP contribution in [0.3, 0.4) is 0 Å². The molecule has 242 valence electrons. The topological polar surface area (TPSA) is 467 Å². The van der Waals surface area contributed by atoms with E-state index in [1.807, 2.05) is 0 Å². The number of hydrogen-bond acceptors (Lipinski definition) is 10. The van der Waals surface area contributed by atoms with Gasteiger partial charge in [0.15, 0.2) is 11.0 Å². The van der Waals surface area contributed by atoms with Gasteiger partial charge in [-0.3, -0.25) is 41.4 Å². The Morgan fingerprint density at radius 3 is 0.707 bits per heavy atom. The van der Waals surface area contributed by atoms with Gasteiger partial charge in [0.1, 0.15) is 0 Å². The van der Waals surface area contributed by atoms with Gasteiger partial charge in [0.2, 0.25) is 11.0 Å². The van der Waals surface area contributed by atoms with Gasteiger partial charge in [-0.2, -0.15) is 0 Å². The molecule has 0 fully saturated rings. The molecular weight excluding hydrogens is 771 g/mol. The first-order valence-electron chi connectivity index (χ1n) is 8.74. The molecule has 0 rings (SSSR count). The fourth-order valence-corrected chi connectivity index (χ4v) is 14.9. The average molecular weight is 794 g/mol. The molecule has 0 spiro atoms. The molecule has 41 heavy (non-hydrogen) atoms. The van der Waals surface area contributed by atoms with Gasteiger partial charge in [0, 0.05) is 0 Å². The van der Waals surface area contributed by atoms with Gasteiger partial charge in [-0.05, 0) is 0 Å². The molecule has 0 aromatic rings. The molecular formula is C6H23KN2O24P8. The molecule has 0 atom stereocenters. The first-order chi connectivity index (χ1) is 17.0. The van der Waals surface area contributed by atoms with E-state index >= 15 is 0 Å². The van der Waals surface area contributed by atoms with Gasteiger partial charge in [0.05, 0.1) is 0 Å². The van der Waals surface area contributed by atoms with Crippen molar-refractivity contribution in [3.05, 3.63) is 6.54 Å². The van der Waals surface area contributed by atoms with Crippen LogP contribution in [0, 0.1) is 6.54 Å². The quantitative estimate of drug-likeness (QED) is 0.0416. The maximum atomic E-state index is 11.9. The molecule has 0 saturated heterocycles. The van der Waals surface area contributed by atoms with E-state index < -0.39 is 106 Å². The minimum Gasteiger partial charge on any atom is -0.410 e. The van der Waals surface area contributed by atoms with Crippen LogP contribution in [0.1, 0.15) is 0 Å². The summed E-state index contributed by atoms with van der Waals surface area (Å²) in [4.78, 5) is 148. The van der Waals surface area contributed by atoms with Gasteiger partial charge in [-0.1, -0.05) is 0 Å². The Morgan fingerprint density at radius 2 is 0.561 bits per heavy atom. The van der Waals surface area contributed by atoms with Crippen LogP contribution in [0.2, 0.25) is 0 Å². The van der Waals surface area contributed by atoms with Gasteiger partial charge < -0.3 is 83.2 Å². The van der Waals surface area contributed by atoms with Crippen molar-refractivity contribution >= 4 is 60.8 Å². The first-order valence-corrected chi connectivity index (χ1v) is 22.2. The van der Waals surface area contributed by atoms with E-state index in [0.717, 1.165) is 0 Å². The zero-order valence-electron chi connectivity index (χ0n) is 19.5. The molecule has 0 amide bonds. The Balaban J connectivity index is 0. The smallest absolute Gasteiger partial charge is 0.410 e. The summed E-state index contributed by atoms with van der Waals surface area (Å²) in [5.74, 6) is 0.